The molecule has 1 fully saturated rings. The van der Waals surface area contributed by atoms with Crippen LogP contribution < -0.4 is 5.32 Å². The van der Waals surface area contributed by atoms with E-state index < -0.39 is 0 Å². The molecule has 19 heavy (non-hydrogen) atoms. The van der Waals surface area contributed by atoms with Crippen LogP contribution >= 0.6 is 0 Å². The Hall–Kier alpha value is -0.860. The highest BCUT2D eigenvalue weighted by atomic mass is 16.5. The van der Waals surface area contributed by atoms with Gasteiger partial charge in [0.2, 0.25) is 0 Å². The molecule has 1 aromatic rings. The quantitative estimate of drug-likeness (QED) is 0.895. The van der Waals surface area contributed by atoms with Crippen molar-refractivity contribution in [1.82, 2.24) is 5.32 Å². The SMILES string of the molecule is CC(C)(C)c1ccc(COC[C@H]2CCCNC2)cc1. The van der Waals surface area contributed by atoms with E-state index in [0.717, 1.165) is 19.8 Å². The first kappa shape index (κ1) is 14.5. The number of nitrogens with one attached hydrogen (secondary N) is 1. The van der Waals surface area contributed by atoms with Gasteiger partial charge in [-0.05, 0) is 41.8 Å². The highest BCUT2D eigenvalue weighted by Crippen LogP contribution is 2.22. The van der Waals surface area contributed by atoms with Crippen LogP contribution in [0.3, 0.4) is 0 Å². The van der Waals surface area contributed by atoms with E-state index in [0.29, 0.717) is 5.92 Å². The molecule has 0 aliphatic carbocycles. The van der Waals surface area contributed by atoms with Gasteiger partial charge in [-0.1, -0.05) is 45.0 Å². The molecule has 0 spiro atoms. The van der Waals surface area contributed by atoms with Gasteiger partial charge in [0.1, 0.15) is 0 Å². The molecule has 1 saturated heterocycles. The Morgan fingerprint density at radius 3 is 2.53 bits per heavy atom. The van der Waals surface area contributed by atoms with Crippen LogP contribution in [0.2, 0.25) is 0 Å². The second-order valence-electron chi connectivity index (χ2n) is 6.67. The van der Waals surface area contributed by atoms with Crippen molar-refractivity contribution in [3.8, 4) is 0 Å². The molecule has 1 aromatic carbocycles. The van der Waals surface area contributed by atoms with E-state index in [-0.39, 0.29) is 5.41 Å². The Kier molecular flexibility index (Phi) is 5.00. The fourth-order valence-electron chi connectivity index (χ4n) is 2.51. The second kappa shape index (κ2) is 6.53. The van der Waals surface area contributed by atoms with Crippen molar-refractivity contribution >= 4 is 0 Å². The van der Waals surface area contributed by atoms with E-state index in [1.165, 1.54) is 30.5 Å². The summed E-state index contributed by atoms with van der Waals surface area (Å²) < 4.78 is 5.84. The largest absolute Gasteiger partial charge is 0.376 e. The predicted octanol–water partition coefficient (Wildman–Crippen LogP) is 3.50. The molecule has 1 heterocycles. The fraction of sp³-hybridized carbons (Fsp3) is 0.647. The Bertz CT molecular complexity index is 371. The molecule has 1 aliphatic rings. The maximum absolute atomic E-state index is 5.84. The van der Waals surface area contributed by atoms with Crippen LogP contribution in [0.5, 0.6) is 0 Å². The van der Waals surface area contributed by atoms with Gasteiger partial charge in [-0.3, -0.25) is 0 Å². The molecule has 2 rings (SSSR count). The highest BCUT2D eigenvalue weighted by molar-refractivity contribution is 5.27. The van der Waals surface area contributed by atoms with Crippen LogP contribution in [0.15, 0.2) is 24.3 Å². The van der Waals surface area contributed by atoms with Crippen molar-refractivity contribution in [3.63, 3.8) is 0 Å². The van der Waals surface area contributed by atoms with E-state index in [2.05, 4.69) is 50.4 Å². The van der Waals surface area contributed by atoms with Gasteiger partial charge in [-0.15, -0.1) is 0 Å². The summed E-state index contributed by atoms with van der Waals surface area (Å²) in [6, 6.07) is 8.83. The first-order valence-corrected chi connectivity index (χ1v) is 7.43. The third-order valence-corrected chi connectivity index (χ3v) is 3.84. The monoisotopic (exact) mass is 261 g/mol. The first-order chi connectivity index (χ1) is 9.05. The molecule has 0 amide bonds. The fourth-order valence-corrected chi connectivity index (χ4v) is 2.51. The number of benzene rings is 1. The second-order valence-corrected chi connectivity index (χ2v) is 6.67. The zero-order valence-corrected chi connectivity index (χ0v) is 12.5. The first-order valence-electron chi connectivity index (χ1n) is 7.43. The molecule has 1 aliphatic heterocycles. The van der Waals surface area contributed by atoms with Gasteiger partial charge < -0.3 is 10.1 Å². The standard InChI is InChI=1S/C17H27NO/c1-17(2,3)16-8-6-14(7-9-16)12-19-13-15-5-4-10-18-11-15/h6-9,15,18H,4-5,10-13H2,1-3H3/t15-/m0/s1. The summed E-state index contributed by atoms with van der Waals surface area (Å²) >= 11 is 0. The van der Waals surface area contributed by atoms with E-state index in [1.54, 1.807) is 0 Å². The minimum absolute atomic E-state index is 0.229. The normalized spacial score (nSPS) is 20.5. The van der Waals surface area contributed by atoms with Gasteiger partial charge in [0.05, 0.1) is 13.2 Å². The zero-order chi connectivity index (χ0) is 13.7. The zero-order valence-electron chi connectivity index (χ0n) is 12.5. The number of hydrogen-bond donors (Lipinski definition) is 1. The molecule has 0 unspecified atom stereocenters. The van der Waals surface area contributed by atoms with E-state index in [4.69, 9.17) is 4.74 Å². The van der Waals surface area contributed by atoms with Crippen molar-refractivity contribution in [2.24, 2.45) is 5.92 Å². The van der Waals surface area contributed by atoms with Gasteiger partial charge in [0.15, 0.2) is 0 Å². The van der Waals surface area contributed by atoms with Gasteiger partial charge in [-0.2, -0.15) is 0 Å². The Balaban J connectivity index is 1.76. The van der Waals surface area contributed by atoms with Crippen molar-refractivity contribution in [2.45, 2.75) is 45.6 Å². The molecule has 106 valence electrons. The third-order valence-electron chi connectivity index (χ3n) is 3.84. The van der Waals surface area contributed by atoms with Gasteiger partial charge in [-0.25, -0.2) is 0 Å². The van der Waals surface area contributed by atoms with Gasteiger partial charge in [0.25, 0.3) is 0 Å². The van der Waals surface area contributed by atoms with Crippen molar-refractivity contribution in [3.05, 3.63) is 35.4 Å². The molecule has 2 heteroatoms. The lowest BCUT2D eigenvalue weighted by Crippen LogP contribution is -2.32. The van der Waals surface area contributed by atoms with Crippen LogP contribution in [0.25, 0.3) is 0 Å². The smallest absolute Gasteiger partial charge is 0.0717 e. The molecular formula is C17H27NO. The van der Waals surface area contributed by atoms with E-state index in [1.807, 2.05) is 0 Å². The summed E-state index contributed by atoms with van der Waals surface area (Å²) in [4.78, 5) is 0. The molecular weight excluding hydrogens is 234 g/mol. The van der Waals surface area contributed by atoms with Crippen LogP contribution in [0.1, 0.15) is 44.7 Å². The Morgan fingerprint density at radius 1 is 1.21 bits per heavy atom. The van der Waals surface area contributed by atoms with Crippen LogP contribution in [0, 0.1) is 5.92 Å². The number of rotatable bonds is 4. The molecule has 1 N–H and O–H groups in total. The van der Waals surface area contributed by atoms with Crippen LogP contribution in [-0.2, 0) is 16.8 Å². The molecule has 1 atom stereocenters. The summed E-state index contributed by atoms with van der Waals surface area (Å²) in [5.41, 5.74) is 2.89. The predicted molar refractivity (Wildman–Crippen MR) is 80.4 cm³/mol. The van der Waals surface area contributed by atoms with Crippen molar-refractivity contribution in [1.29, 1.82) is 0 Å². The van der Waals surface area contributed by atoms with Crippen LogP contribution in [-0.4, -0.2) is 19.7 Å². The molecule has 0 bridgehead atoms. The number of hydrogen-bond acceptors (Lipinski definition) is 2. The van der Waals surface area contributed by atoms with Crippen LogP contribution in [0.4, 0.5) is 0 Å². The summed E-state index contributed by atoms with van der Waals surface area (Å²) in [6.07, 6.45) is 2.59. The Morgan fingerprint density at radius 2 is 1.95 bits per heavy atom. The van der Waals surface area contributed by atoms with E-state index >= 15 is 0 Å². The summed E-state index contributed by atoms with van der Waals surface area (Å²) in [6.45, 7) is 10.6. The average Bonchev–Trinajstić information content (AvgIpc) is 2.39. The number of ether oxygens (including phenoxy) is 1. The summed E-state index contributed by atoms with van der Waals surface area (Å²) in [5.74, 6) is 0.697. The average molecular weight is 261 g/mol. The lowest BCUT2D eigenvalue weighted by Gasteiger charge is -2.22. The van der Waals surface area contributed by atoms with Gasteiger partial charge in [0, 0.05) is 6.54 Å². The van der Waals surface area contributed by atoms with E-state index in [9.17, 15) is 0 Å². The minimum Gasteiger partial charge on any atom is -0.376 e. The number of piperidine rings is 1. The topological polar surface area (TPSA) is 21.3 Å². The lowest BCUT2D eigenvalue weighted by atomic mass is 9.87. The lowest BCUT2D eigenvalue weighted by molar-refractivity contribution is 0.0783. The Labute approximate surface area is 117 Å². The molecule has 0 saturated carbocycles. The van der Waals surface area contributed by atoms with Crippen molar-refractivity contribution in [2.75, 3.05) is 19.7 Å². The molecule has 0 aromatic heterocycles. The highest BCUT2D eigenvalue weighted by Gasteiger charge is 2.14. The maximum Gasteiger partial charge on any atom is 0.0717 e. The van der Waals surface area contributed by atoms with Crippen molar-refractivity contribution < 1.29 is 4.74 Å². The molecule has 0 radical (unpaired) electrons. The summed E-state index contributed by atoms with van der Waals surface area (Å²) in [5, 5.41) is 3.43. The minimum atomic E-state index is 0.229. The maximum atomic E-state index is 5.84. The van der Waals surface area contributed by atoms with Gasteiger partial charge >= 0.3 is 0 Å². The third kappa shape index (κ3) is 4.63. The molecule has 2 nitrogen and oxygen atoms in total. The summed E-state index contributed by atoms with van der Waals surface area (Å²) in [7, 11) is 0.